The second kappa shape index (κ2) is 6.35. The minimum Gasteiger partial charge on any atom is -0.492 e. The molecule has 0 spiro atoms. The molecule has 0 heterocycles. The number of nitrogens with one attached hydrogen (secondary N) is 1. The number of amides is 1. The molecule has 1 aromatic carbocycles. The summed E-state index contributed by atoms with van der Waals surface area (Å²) in [5, 5.41) is 3.14. The monoisotopic (exact) mass is 257 g/mol. The zero-order valence-corrected chi connectivity index (χ0v) is 10.9. The average molecular weight is 258 g/mol. The van der Waals surface area contributed by atoms with Crippen LogP contribution < -0.4 is 14.8 Å². The minimum atomic E-state index is -0.171. The molecular formula is C12H16ClNO3. The zero-order chi connectivity index (χ0) is 12.8. The first kappa shape index (κ1) is 13.6. The highest BCUT2D eigenvalue weighted by Crippen LogP contribution is 2.36. The molecule has 1 rings (SSSR count). The smallest absolute Gasteiger partial charge is 0.221 e. The van der Waals surface area contributed by atoms with Gasteiger partial charge in [-0.15, -0.1) is 0 Å². The van der Waals surface area contributed by atoms with Gasteiger partial charge in [0.15, 0.2) is 0 Å². The van der Waals surface area contributed by atoms with E-state index in [1.54, 1.807) is 12.1 Å². The van der Waals surface area contributed by atoms with Crippen LogP contribution >= 0.6 is 11.6 Å². The maximum Gasteiger partial charge on any atom is 0.221 e. The summed E-state index contributed by atoms with van der Waals surface area (Å²) in [6.45, 7) is 6.17. The fourth-order valence-electron chi connectivity index (χ4n) is 1.36. The molecule has 0 saturated carbocycles. The molecule has 0 fully saturated rings. The number of ether oxygens (including phenoxy) is 2. The van der Waals surface area contributed by atoms with E-state index in [1.807, 2.05) is 13.8 Å². The van der Waals surface area contributed by atoms with E-state index in [2.05, 4.69) is 5.32 Å². The van der Waals surface area contributed by atoms with E-state index < -0.39 is 0 Å². The molecule has 5 heteroatoms. The van der Waals surface area contributed by atoms with Crippen molar-refractivity contribution in [1.29, 1.82) is 0 Å². The maximum atomic E-state index is 11.1. The summed E-state index contributed by atoms with van der Waals surface area (Å²) in [6.07, 6.45) is 0. The average Bonchev–Trinajstić information content (AvgIpc) is 2.24. The van der Waals surface area contributed by atoms with E-state index in [1.165, 1.54) is 6.92 Å². The third-order valence-electron chi connectivity index (χ3n) is 1.94. The van der Waals surface area contributed by atoms with Crippen LogP contribution in [0, 0.1) is 0 Å². The molecule has 0 atom stereocenters. The number of rotatable bonds is 5. The molecule has 4 nitrogen and oxygen atoms in total. The number of carbonyl (C=O) groups is 1. The second-order valence-corrected chi connectivity index (χ2v) is 3.73. The van der Waals surface area contributed by atoms with Gasteiger partial charge in [0, 0.05) is 19.1 Å². The normalized spacial score (nSPS) is 9.88. The summed E-state index contributed by atoms with van der Waals surface area (Å²) in [5.74, 6) is 0.897. The maximum absolute atomic E-state index is 11.1. The van der Waals surface area contributed by atoms with Crippen molar-refractivity contribution in [3.63, 3.8) is 0 Å². The van der Waals surface area contributed by atoms with Gasteiger partial charge >= 0.3 is 0 Å². The Hall–Kier alpha value is -1.42. The highest BCUT2D eigenvalue weighted by atomic mass is 35.5. The van der Waals surface area contributed by atoms with Gasteiger partial charge in [0.25, 0.3) is 0 Å². The van der Waals surface area contributed by atoms with E-state index in [0.29, 0.717) is 35.4 Å². The van der Waals surface area contributed by atoms with Gasteiger partial charge in [-0.2, -0.15) is 0 Å². The molecular weight excluding hydrogens is 242 g/mol. The number of hydrogen-bond acceptors (Lipinski definition) is 3. The number of anilines is 1. The van der Waals surface area contributed by atoms with Crippen molar-refractivity contribution in [1.82, 2.24) is 0 Å². The molecule has 0 radical (unpaired) electrons. The van der Waals surface area contributed by atoms with Gasteiger partial charge < -0.3 is 14.8 Å². The van der Waals surface area contributed by atoms with Gasteiger partial charge in [0.05, 0.1) is 23.9 Å². The fraction of sp³-hybridized carbons (Fsp3) is 0.417. The molecule has 0 aliphatic carbocycles. The summed E-state index contributed by atoms with van der Waals surface area (Å²) < 4.78 is 10.8. The third-order valence-corrected chi connectivity index (χ3v) is 2.24. The number of benzene rings is 1. The van der Waals surface area contributed by atoms with Crippen molar-refractivity contribution in [2.24, 2.45) is 0 Å². The van der Waals surface area contributed by atoms with Crippen LogP contribution in [0.4, 0.5) is 5.69 Å². The van der Waals surface area contributed by atoms with E-state index >= 15 is 0 Å². The Morgan fingerprint density at radius 2 is 1.82 bits per heavy atom. The van der Waals surface area contributed by atoms with E-state index in [9.17, 15) is 4.79 Å². The SMILES string of the molecule is CCOc1cc(NC(C)=O)c(OCC)cc1Cl. The summed E-state index contributed by atoms with van der Waals surface area (Å²) in [7, 11) is 0. The van der Waals surface area contributed by atoms with Crippen LogP contribution in [0.5, 0.6) is 11.5 Å². The molecule has 0 saturated heterocycles. The van der Waals surface area contributed by atoms with E-state index in [4.69, 9.17) is 21.1 Å². The highest BCUT2D eigenvalue weighted by Gasteiger charge is 2.11. The first-order valence-corrected chi connectivity index (χ1v) is 5.83. The Bertz CT molecular complexity index is 407. The lowest BCUT2D eigenvalue weighted by molar-refractivity contribution is -0.114. The summed E-state index contributed by atoms with van der Waals surface area (Å²) in [6, 6.07) is 3.31. The van der Waals surface area contributed by atoms with Crippen molar-refractivity contribution in [3.05, 3.63) is 17.2 Å². The van der Waals surface area contributed by atoms with E-state index in [0.717, 1.165) is 0 Å². The summed E-state index contributed by atoms with van der Waals surface area (Å²) in [5.41, 5.74) is 0.562. The van der Waals surface area contributed by atoms with Crippen LogP contribution in [0.1, 0.15) is 20.8 Å². The van der Waals surface area contributed by atoms with Crippen LogP contribution in [-0.2, 0) is 4.79 Å². The van der Waals surface area contributed by atoms with Crippen molar-refractivity contribution >= 4 is 23.2 Å². The Morgan fingerprint density at radius 3 is 2.35 bits per heavy atom. The minimum absolute atomic E-state index is 0.171. The first-order valence-electron chi connectivity index (χ1n) is 5.45. The van der Waals surface area contributed by atoms with Gasteiger partial charge in [-0.05, 0) is 13.8 Å². The quantitative estimate of drug-likeness (QED) is 0.882. The van der Waals surface area contributed by atoms with Gasteiger partial charge in [0.2, 0.25) is 5.91 Å². The molecule has 1 N–H and O–H groups in total. The summed E-state index contributed by atoms with van der Waals surface area (Å²) >= 11 is 6.03. The molecule has 94 valence electrons. The molecule has 1 aromatic rings. The van der Waals surface area contributed by atoms with Crippen LogP contribution in [0.2, 0.25) is 5.02 Å². The molecule has 17 heavy (non-hydrogen) atoms. The van der Waals surface area contributed by atoms with Crippen LogP contribution in [-0.4, -0.2) is 19.1 Å². The fourth-order valence-corrected chi connectivity index (χ4v) is 1.57. The Balaban J connectivity index is 3.11. The number of carbonyl (C=O) groups excluding carboxylic acids is 1. The number of hydrogen-bond donors (Lipinski definition) is 1. The zero-order valence-electron chi connectivity index (χ0n) is 10.2. The lowest BCUT2D eigenvalue weighted by Crippen LogP contribution is -2.08. The van der Waals surface area contributed by atoms with Crippen molar-refractivity contribution in [2.45, 2.75) is 20.8 Å². The van der Waals surface area contributed by atoms with Crippen molar-refractivity contribution in [3.8, 4) is 11.5 Å². The molecule has 0 unspecified atom stereocenters. The van der Waals surface area contributed by atoms with Crippen molar-refractivity contribution < 1.29 is 14.3 Å². The largest absolute Gasteiger partial charge is 0.492 e. The van der Waals surface area contributed by atoms with Crippen LogP contribution in [0.3, 0.4) is 0 Å². The highest BCUT2D eigenvalue weighted by molar-refractivity contribution is 6.32. The predicted molar refractivity (Wildman–Crippen MR) is 68.1 cm³/mol. The topological polar surface area (TPSA) is 47.6 Å². The molecule has 0 aliphatic heterocycles. The third kappa shape index (κ3) is 3.82. The van der Waals surface area contributed by atoms with Crippen LogP contribution in [0.15, 0.2) is 12.1 Å². The van der Waals surface area contributed by atoms with Gasteiger partial charge in [-0.3, -0.25) is 4.79 Å². The van der Waals surface area contributed by atoms with Crippen LogP contribution in [0.25, 0.3) is 0 Å². The first-order chi connectivity index (χ1) is 8.08. The Kier molecular flexibility index (Phi) is 5.10. The Labute approximate surface area is 106 Å². The molecule has 1 amide bonds. The summed E-state index contributed by atoms with van der Waals surface area (Å²) in [4.78, 5) is 11.1. The van der Waals surface area contributed by atoms with Crippen molar-refractivity contribution in [2.75, 3.05) is 18.5 Å². The van der Waals surface area contributed by atoms with E-state index in [-0.39, 0.29) is 5.91 Å². The van der Waals surface area contributed by atoms with Gasteiger partial charge in [-0.25, -0.2) is 0 Å². The van der Waals surface area contributed by atoms with Gasteiger partial charge in [-0.1, -0.05) is 11.6 Å². The predicted octanol–water partition coefficient (Wildman–Crippen LogP) is 3.10. The lowest BCUT2D eigenvalue weighted by Gasteiger charge is -2.14. The Morgan fingerprint density at radius 1 is 1.24 bits per heavy atom. The standard InChI is InChI=1S/C12H16ClNO3/c1-4-16-11-7-10(14-8(3)15)12(17-5-2)6-9(11)13/h6-7H,4-5H2,1-3H3,(H,14,15). The molecule has 0 aromatic heterocycles. The number of halogens is 1. The second-order valence-electron chi connectivity index (χ2n) is 3.33. The van der Waals surface area contributed by atoms with Gasteiger partial charge in [0.1, 0.15) is 11.5 Å². The molecule has 0 bridgehead atoms. The lowest BCUT2D eigenvalue weighted by atomic mass is 10.2. The molecule has 0 aliphatic rings.